The van der Waals surface area contributed by atoms with Crippen LogP contribution < -0.4 is 20.8 Å². The maximum absolute atomic E-state index is 14.0. The lowest BCUT2D eigenvalue weighted by atomic mass is 10.2. The summed E-state index contributed by atoms with van der Waals surface area (Å²) in [5, 5.41) is 5.86. The highest BCUT2D eigenvalue weighted by molar-refractivity contribution is 6.42. The number of para-hydroxylation sites is 3. The van der Waals surface area contributed by atoms with Crippen LogP contribution in [0.1, 0.15) is 10.5 Å². The Hall–Kier alpha value is -4.37. The van der Waals surface area contributed by atoms with Crippen molar-refractivity contribution in [3.8, 4) is 5.75 Å². The molecule has 10 heteroatoms. The number of aromatic nitrogens is 1. The summed E-state index contributed by atoms with van der Waals surface area (Å²) < 4.78 is 20.4. The Morgan fingerprint density at radius 3 is 2.32 bits per heavy atom. The van der Waals surface area contributed by atoms with Crippen LogP contribution in [0.4, 0.5) is 15.8 Å². The monoisotopic (exact) mass is 480 g/mol. The molecular weight excluding hydrogens is 463 g/mol. The summed E-state index contributed by atoms with van der Waals surface area (Å²) in [6.07, 6.45) is 0. The number of halogens is 2. The van der Waals surface area contributed by atoms with E-state index in [0.717, 1.165) is 4.68 Å². The zero-order chi connectivity index (χ0) is 24.2. The van der Waals surface area contributed by atoms with E-state index in [4.69, 9.17) is 16.3 Å². The van der Waals surface area contributed by atoms with E-state index >= 15 is 0 Å². The third-order valence-electron chi connectivity index (χ3n) is 4.89. The normalized spacial score (nSPS) is 10.6. The third-order valence-corrected chi connectivity index (χ3v) is 5.13. The SMILES string of the molecule is COc1ccccc1NC(=O)C(=O)Nn1c(C(=O)Nc2ccccc2F)cc2cc(Cl)ccc21. The van der Waals surface area contributed by atoms with Gasteiger partial charge in [0.25, 0.3) is 5.91 Å². The molecule has 3 N–H and O–H groups in total. The van der Waals surface area contributed by atoms with Gasteiger partial charge in [0.05, 0.1) is 24.0 Å². The fourth-order valence-electron chi connectivity index (χ4n) is 3.30. The van der Waals surface area contributed by atoms with E-state index in [0.29, 0.717) is 27.4 Å². The minimum Gasteiger partial charge on any atom is -0.495 e. The molecule has 4 aromatic rings. The minimum absolute atomic E-state index is 0.0393. The predicted octanol–water partition coefficient (Wildman–Crippen LogP) is 4.40. The van der Waals surface area contributed by atoms with Crippen molar-refractivity contribution in [3.63, 3.8) is 0 Å². The van der Waals surface area contributed by atoms with E-state index in [1.807, 2.05) is 0 Å². The van der Waals surface area contributed by atoms with Gasteiger partial charge in [-0.05, 0) is 48.5 Å². The Morgan fingerprint density at radius 2 is 1.59 bits per heavy atom. The topological polar surface area (TPSA) is 101 Å². The highest BCUT2D eigenvalue weighted by Crippen LogP contribution is 2.25. The van der Waals surface area contributed by atoms with Gasteiger partial charge in [-0.1, -0.05) is 35.9 Å². The van der Waals surface area contributed by atoms with Gasteiger partial charge in [-0.25, -0.2) is 9.07 Å². The van der Waals surface area contributed by atoms with Crippen LogP contribution in [0.2, 0.25) is 5.02 Å². The van der Waals surface area contributed by atoms with E-state index in [-0.39, 0.29) is 11.4 Å². The van der Waals surface area contributed by atoms with E-state index in [1.54, 1.807) is 48.5 Å². The lowest BCUT2D eigenvalue weighted by molar-refractivity contribution is -0.133. The molecule has 0 saturated carbocycles. The third kappa shape index (κ3) is 4.69. The summed E-state index contributed by atoms with van der Waals surface area (Å²) in [5.74, 6) is -2.99. The number of ether oxygens (including phenoxy) is 1. The first-order valence-corrected chi connectivity index (χ1v) is 10.4. The first kappa shape index (κ1) is 22.8. The minimum atomic E-state index is -1.04. The van der Waals surface area contributed by atoms with Gasteiger partial charge < -0.3 is 15.4 Å². The molecular formula is C24H18ClFN4O4. The van der Waals surface area contributed by atoms with Crippen LogP contribution in [0.3, 0.4) is 0 Å². The average molecular weight is 481 g/mol. The largest absolute Gasteiger partial charge is 0.495 e. The Morgan fingerprint density at radius 1 is 0.882 bits per heavy atom. The molecule has 0 atom stereocenters. The number of carbonyl (C=O) groups is 3. The Balaban J connectivity index is 1.64. The lowest BCUT2D eigenvalue weighted by Crippen LogP contribution is -2.36. The van der Waals surface area contributed by atoms with Gasteiger partial charge in [0, 0.05) is 10.4 Å². The number of rotatable bonds is 5. The Kier molecular flexibility index (Phi) is 6.46. The van der Waals surface area contributed by atoms with Crippen LogP contribution in [0, 0.1) is 5.82 Å². The first-order chi connectivity index (χ1) is 16.4. The Bertz CT molecular complexity index is 1420. The van der Waals surface area contributed by atoms with Crippen molar-refractivity contribution in [1.82, 2.24) is 4.68 Å². The summed E-state index contributed by atoms with van der Waals surface area (Å²) in [7, 11) is 1.43. The second-order valence-electron chi connectivity index (χ2n) is 7.10. The van der Waals surface area contributed by atoms with Gasteiger partial charge in [-0.15, -0.1) is 0 Å². The predicted molar refractivity (Wildman–Crippen MR) is 127 cm³/mol. The molecule has 3 amide bonds. The van der Waals surface area contributed by atoms with Crippen molar-refractivity contribution in [3.05, 3.63) is 89.3 Å². The lowest BCUT2D eigenvalue weighted by Gasteiger charge is -2.14. The van der Waals surface area contributed by atoms with Gasteiger partial charge in [0.15, 0.2) is 0 Å². The summed E-state index contributed by atoms with van der Waals surface area (Å²) >= 11 is 6.06. The van der Waals surface area contributed by atoms with Crippen LogP contribution >= 0.6 is 11.6 Å². The van der Waals surface area contributed by atoms with Crippen LogP contribution in [0.5, 0.6) is 5.75 Å². The van der Waals surface area contributed by atoms with Crippen molar-refractivity contribution in [1.29, 1.82) is 0 Å². The Labute approximate surface area is 198 Å². The standard InChI is InChI=1S/C24H18ClFN4O4/c1-34-21-9-5-4-8-18(21)28-23(32)24(33)29-30-19-11-10-15(25)12-14(19)13-20(30)22(31)27-17-7-3-2-6-16(17)26/h2-13H,1H3,(H,27,31)(H,28,32)(H,29,33). The molecule has 4 rings (SSSR count). The summed E-state index contributed by atoms with van der Waals surface area (Å²) in [4.78, 5) is 38.2. The zero-order valence-corrected chi connectivity index (χ0v) is 18.5. The van der Waals surface area contributed by atoms with E-state index in [9.17, 15) is 18.8 Å². The molecule has 0 radical (unpaired) electrons. The maximum Gasteiger partial charge on any atom is 0.328 e. The number of methoxy groups -OCH3 is 1. The van der Waals surface area contributed by atoms with E-state index in [2.05, 4.69) is 16.1 Å². The number of fused-ring (bicyclic) bond motifs is 1. The molecule has 1 aromatic heterocycles. The molecule has 0 spiro atoms. The first-order valence-electron chi connectivity index (χ1n) is 9.99. The zero-order valence-electron chi connectivity index (χ0n) is 17.8. The molecule has 1 heterocycles. The number of nitrogens with zero attached hydrogens (tertiary/aromatic N) is 1. The molecule has 0 bridgehead atoms. The molecule has 3 aromatic carbocycles. The molecule has 0 saturated heterocycles. The summed E-state index contributed by atoms with van der Waals surface area (Å²) in [5.41, 5.74) is 3.04. The van der Waals surface area contributed by atoms with Crippen LogP contribution in [0.15, 0.2) is 72.8 Å². The number of benzene rings is 3. The molecule has 34 heavy (non-hydrogen) atoms. The summed E-state index contributed by atoms with van der Waals surface area (Å²) in [6.45, 7) is 0. The molecule has 0 unspecified atom stereocenters. The van der Waals surface area contributed by atoms with Crippen molar-refractivity contribution < 1.29 is 23.5 Å². The van der Waals surface area contributed by atoms with Crippen molar-refractivity contribution in [2.45, 2.75) is 0 Å². The van der Waals surface area contributed by atoms with Crippen LogP contribution in [0.25, 0.3) is 10.9 Å². The highest BCUT2D eigenvalue weighted by atomic mass is 35.5. The number of hydrogen-bond donors (Lipinski definition) is 3. The molecule has 172 valence electrons. The molecule has 0 aliphatic carbocycles. The number of hydrogen-bond acceptors (Lipinski definition) is 4. The van der Waals surface area contributed by atoms with E-state index in [1.165, 1.54) is 31.4 Å². The number of amides is 3. The second kappa shape index (κ2) is 9.63. The van der Waals surface area contributed by atoms with Gasteiger partial charge in [-0.2, -0.15) is 0 Å². The molecule has 8 nitrogen and oxygen atoms in total. The van der Waals surface area contributed by atoms with Gasteiger partial charge in [0.2, 0.25) is 0 Å². The number of nitrogens with one attached hydrogen (secondary N) is 3. The fraction of sp³-hybridized carbons (Fsp3) is 0.0417. The van der Waals surface area contributed by atoms with Gasteiger partial charge in [0.1, 0.15) is 17.3 Å². The van der Waals surface area contributed by atoms with Crippen molar-refractivity contribution >= 4 is 51.6 Å². The van der Waals surface area contributed by atoms with Gasteiger partial charge in [-0.3, -0.25) is 19.8 Å². The van der Waals surface area contributed by atoms with E-state index < -0.39 is 23.5 Å². The molecule has 0 aliphatic rings. The second-order valence-corrected chi connectivity index (χ2v) is 7.53. The number of anilines is 2. The molecule has 0 fully saturated rings. The quantitative estimate of drug-likeness (QED) is 0.368. The average Bonchev–Trinajstić information content (AvgIpc) is 3.18. The van der Waals surface area contributed by atoms with Gasteiger partial charge >= 0.3 is 11.8 Å². The number of carbonyl (C=O) groups excluding carboxylic acids is 3. The maximum atomic E-state index is 14.0. The van der Waals surface area contributed by atoms with Crippen LogP contribution in [-0.4, -0.2) is 29.5 Å². The van der Waals surface area contributed by atoms with Crippen LogP contribution in [-0.2, 0) is 9.59 Å². The molecule has 0 aliphatic heterocycles. The smallest absolute Gasteiger partial charge is 0.328 e. The van der Waals surface area contributed by atoms with Crippen molar-refractivity contribution in [2.75, 3.05) is 23.2 Å². The summed E-state index contributed by atoms with van der Waals surface area (Å²) in [6, 6.07) is 18.5. The fourth-order valence-corrected chi connectivity index (χ4v) is 3.48. The highest BCUT2D eigenvalue weighted by Gasteiger charge is 2.22. The van der Waals surface area contributed by atoms with Crippen molar-refractivity contribution in [2.24, 2.45) is 0 Å².